The van der Waals surface area contributed by atoms with E-state index >= 15 is 0 Å². The molecule has 9 heteroatoms. The number of hydrogen-bond acceptors (Lipinski definition) is 6. The first-order valence-electron chi connectivity index (χ1n) is 8.72. The number of carboxylic acid groups (broad SMARTS) is 1. The maximum Gasteiger partial charge on any atom is 0.360 e. The van der Waals surface area contributed by atoms with E-state index in [9.17, 15) is 18.0 Å². The zero-order chi connectivity index (χ0) is 19.6. The van der Waals surface area contributed by atoms with Crippen LogP contribution >= 0.6 is 0 Å². The molecule has 27 heavy (non-hydrogen) atoms. The van der Waals surface area contributed by atoms with Gasteiger partial charge in [0.25, 0.3) is 5.56 Å². The Hall–Kier alpha value is -2.42. The summed E-state index contributed by atoms with van der Waals surface area (Å²) >= 11 is 0. The van der Waals surface area contributed by atoms with Crippen LogP contribution in [0.3, 0.4) is 0 Å². The van der Waals surface area contributed by atoms with E-state index < -0.39 is 36.6 Å². The number of sulfone groups is 1. The fourth-order valence-corrected chi connectivity index (χ4v) is 5.97. The number of hydrogen-bond donors (Lipinski definition) is 1. The fraction of sp³-hybridized carbons (Fsp3) is 0.500. The number of rotatable bonds is 6. The van der Waals surface area contributed by atoms with Gasteiger partial charge in [-0.3, -0.25) is 4.79 Å². The van der Waals surface area contributed by atoms with Crippen LogP contribution in [0.2, 0.25) is 0 Å². The molecule has 0 saturated heterocycles. The molecule has 0 amide bonds. The van der Waals surface area contributed by atoms with E-state index in [1.165, 1.54) is 11.6 Å². The minimum absolute atomic E-state index is 0.0128. The van der Waals surface area contributed by atoms with Gasteiger partial charge in [-0.25, -0.2) is 18.2 Å². The lowest BCUT2D eigenvalue weighted by atomic mass is 10.2. The van der Waals surface area contributed by atoms with Gasteiger partial charge in [-0.2, -0.15) is 0 Å². The first kappa shape index (κ1) is 18.0. The van der Waals surface area contributed by atoms with Crippen molar-refractivity contribution in [2.24, 2.45) is 7.05 Å². The molecule has 1 heterocycles. The van der Waals surface area contributed by atoms with E-state index in [4.69, 9.17) is 9.84 Å². The highest BCUT2D eigenvalue weighted by Crippen LogP contribution is 2.56. The van der Waals surface area contributed by atoms with E-state index in [1.54, 1.807) is 25.1 Å². The van der Waals surface area contributed by atoms with Crippen LogP contribution in [-0.2, 0) is 16.9 Å². The van der Waals surface area contributed by atoms with Crippen LogP contribution in [-0.4, -0.2) is 45.1 Å². The van der Waals surface area contributed by atoms with Gasteiger partial charge in [-0.15, -0.1) is 0 Å². The lowest BCUT2D eigenvalue weighted by Crippen LogP contribution is -2.38. The van der Waals surface area contributed by atoms with E-state index in [0.717, 1.165) is 0 Å². The van der Waals surface area contributed by atoms with Crippen molar-refractivity contribution in [1.82, 2.24) is 9.55 Å². The van der Waals surface area contributed by atoms with Gasteiger partial charge < -0.3 is 14.4 Å². The molecule has 2 aliphatic rings. The lowest BCUT2D eigenvalue weighted by Gasteiger charge is -2.22. The van der Waals surface area contributed by atoms with E-state index in [0.29, 0.717) is 42.5 Å². The highest BCUT2D eigenvalue weighted by atomic mass is 32.2. The molecule has 0 radical (unpaired) electrons. The number of fused-ring (bicyclic) bond motifs is 1. The smallest absolute Gasteiger partial charge is 0.360 e. The molecule has 2 aliphatic carbocycles. The number of para-hydroxylation sites is 1. The Bertz CT molecular complexity index is 1130. The third kappa shape index (κ3) is 2.55. The van der Waals surface area contributed by atoms with Crippen LogP contribution in [0.25, 0.3) is 11.0 Å². The highest BCUT2D eigenvalue weighted by Gasteiger charge is 2.65. The highest BCUT2D eigenvalue weighted by molar-refractivity contribution is 7.94. The maximum absolute atomic E-state index is 12.9. The average molecular weight is 392 g/mol. The van der Waals surface area contributed by atoms with Crippen molar-refractivity contribution < 1.29 is 23.1 Å². The molecule has 0 aliphatic heterocycles. The Kier molecular flexibility index (Phi) is 3.69. The molecule has 0 spiro atoms. The maximum atomic E-state index is 12.9. The molecule has 4 rings (SSSR count). The monoisotopic (exact) mass is 392 g/mol. The van der Waals surface area contributed by atoms with Crippen molar-refractivity contribution in [3.8, 4) is 5.75 Å². The van der Waals surface area contributed by atoms with E-state index in [2.05, 4.69) is 4.98 Å². The SMILES string of the molecule is Cn1c(=O)c(C(=O)O)nc2cccc(OCC3(S(=O)(=O)C4(C)CC4)CC3)c21. The summed E-state index contributed by atoms with van der Waals surface area (Å²) in [6.45, 7) is 1.79. The summed E-state index contributed by atoms with van der Waals surface area (Å²) in [5.74, 6) is -1.08. The van der Waals surface area contributed by atoms with Gasteiger partial charge in [0, 0.05) is 7.05 Å². The van der Waals surface area contributed by atoms with Crippen LogP contribution in [0.1, 0.15) is 43.1 Å². The Labute approximate surface area is 155 Å². The van der Waals surface area contributed by atoms with Crippen molar-refractivity contribution in [2.75, 3.05) is 6.61 Å². The second-order valence-electron chi connectivity index (χ2n) is 7.68. The van der Waals surface area contributed by atoms with Gasteiger partial charge in [-0.05, 0) is 44.7 Å². The van der Waals surface area contributed by atoms with Gasteiger partial charge in [-0.1, -0.05) is 6.07 Å². The summed E-state index contributed by atoms with van der Waals surface area (Å²) in [5.41, 5.74) is -0.664. The standard InChI is InChI=1S/C18H20N2O6S/c1-17(6-7-17)27(24,25)18(8-9-18)10-26-12-5-3-4-11-14(12)20(2)15(21)13(19-11)16(22)23/h3-5H,6-10H2,1-2H3,(H,22,23). The summed E-state index contributed by atoms with van der Waals surface area (Å²) in [4.78, 5) is 27.4. The normalized spacial score (nSPS) is 19.6. The van der Waals surface area contributed by atoms with Crippen molar-refractivity contribution in [1.29, 1.82) is 0 Å². The number of aromatic carboxylic acids is 1. The number of carboxylic acids is 1. The Morgan fingerprint density at radius 1 is 1.30 bits per heavy atom. The fourth-order valence-electron chi connectivity index (χ4n) is 3.43. The molecular formula is C18H20N2O6S. The minimum Gasteiger partial charge on any atom is -0.490 e. The summed E-state index contributed by atoms with van der Waals surface area (Å²) in [7, 11) is -1.86. The number of aromatic nitrogens is 2. The zero-order valence-electron chi connectivity index (χ0n) is 15.1. The van der Waals surface area contributed by atoms with Gasteiger partial charge in [0.1, 0.15) is 22.6 Å². The third-order valence-electron chi connectivity index (χ3n) is 5.73. The molecule has 1 aromatic heterocycles. The first-order chi connectivity index (χ1) is 12.6. The summed E-state index contributed by atoms with van der Waals surface area (Å²) < 4.78 is 31.4. The molecule has 1 aromatic carbocycles. The van der Waals surface area contributed by atoms with Crippen LogP contribution in [0.5, 0.6) is 5.75 Å². The van der Waals surface area contributed by atoms with Crippen molar-refractivity contribution >= 4 is 26.8 Å². The third-order valence-corrected chi connectivity index (χ3v) is 9.10. The number of benzene rings is 1. The Morgan fingerprint density at radius 2 is 1.96 bits per heavy atom. The van der Waals surface area contributed by atoms with E-state index in [-0.39, 0.29) is 6.61 Å². The van der Waals surface area contributed by atoms with Crippen molar-refractivity contribution in [3.05, 3.63) is 34.2 Å². The molecule has 2 saturated carbocycles. The molecule has 0 atom stereocenters. The van der Waals surface area contributed by atoms with Crippen LogP contribution in [0.4, 0.5) is 0 Å². The Morgan fingerprint density at radius 3 is 2.52 bits per heavy atom. The summed E-state index contributed by atoms with van der Waals surface area (Å²) in [6.07, 6.45) is 2.50. The van der Waals surface area contributed by atoms with Crippen LogP contribution < -0.4 is 10.3 Å². The van der Waals surface area contributed by atoms with Crippen molar-refractivity contribution in [2.45, 2.75) is 42.1 Å². The molecule has 144 valence electrons. The topological polar surface area (TPSA) is 116 Å². The molecular weight excluding hydrogens is 372 g/mol. The number of aryl methyl sites for hydroxylation is 1. The molecule has 2 aromatic rings. The predicted molar refractivity (Wildman–Crippen MR) is 98.0 cm³/mol. The first-order valence-corrected chi connectivity index (χ1v) is 10.2. The molecule has 8 nitrogen and oxygen atoms in total. The molecule has 0 unspecified atom stereocenters. The van der Waals surface area contributed by atoms with Crippen molar-refractivity contribution in [3.63, 3.8) is 0 Å². The van der Waals surface area contributed by atoms with Gasteiger partial charge in [0.15, 0.2) is 9.84 Å². The minimum atomic E-state index is -3.30. The molecule has 0 bridgehead atoms. The summed E-state index contributed by atoms with van der Waals surface area (Å²) in [5, 5.41) is 9.14. The Balaban J connectivity index is 1.71. The zero-order valence-corrected chi connectivity index (χ0v) is 15.9. The second-order valence-corrected chi connectivity index (χ2v) is 10.5. The largest absolute Gasteiger partial charge is 0.490 e. The second kappa shape index (κ2) is 5.54. The lowest BCUT2D eigenvalue weighted by molar-refractivity contribution is 0.0688. The predicted octanol–water partition coefficient (Wildman–Crippen LogP) is 1.51. The summed E-state index contributed by atoms with van der Waals surface area (Å²) in [6, 6.07) is 4.85. The average Bonchev–Trinajstić information content (AvgIpc) is 3.53. The van der Waals surface area contributed by atoms with Crippen LogP contribution in [0, 0.1) is 0 Å². The number of carbonyl (C=O) groups is 1. The number of nitrogens with zero attached hydrogens (tertiary/aromatic N) is 2. The number of ether oxygens (including phenoxy) is 1. The molecule has 2 fully saturated rings. The quantitative estimate of drug-likeness (QED) is 0.792. The van der Waals surface area contributed by atoms with Gasteiger partial charge >= 0.3 is 5.97 Å². The van der Waals surface area contributed by atoms with Gasteiger partial charge in [0.2, 0.25) is 5.69 Å². The molecule has 1 N–H and O–H groups in total. The van der Waals surface area contributed by atoms with E-state index in [1.807, 2.05) is 0 Å². The van der Waals surface area contributed by atoms with Crippen LogP contribution in [0.15, 0.2) is 23.0 Å². The van der Waals surface area contributed by atoms with Gasteiger partial charge in [0.05, 0.1) is 10.3 Å².